The molecule has 1 saturated heterocycles. The van der Waals surface area contributed by atoms with E-state index < -0.39 is 5.56 Å². The molecular formula is C22H23N5O3. The average molecular weight is 405 g/mol. The number of hydrogen-bond acceptors (Lipinski definition) is 6. The molecule has 8 heteroatoms. The molecule has 4 rings (SSSR count). The fourth-order valence-corrected chi connectivity index (χ4v) is 3.57. The molecule has 2 heterocycles. The maximum Gasteiger partial charge on any atom is 0.276 e. The molecule has 2 N–H and O–H groups in total. The second-order valence-corrected chi connectivity index (χ2v) is 7.26. The van der Waals surface area contributed by atoms with E-state index in [1.807, 2.05) is 30.3 Å². The van der Waals surface area contributed by atoms with Crippen LogP contribution < -0.4 is 20.6 Å². The van der Waals surface area contributed by atoms with Crippen LogP contribution in [0.4, 0.5) is 17.1 Å². The van der Waals surface area contributed by atoms with Crippen LogP contribution in [0.1, 0.15) is 6.42 Å². The van der Waals surface area contributed by atoms with Crippen LogP contribution >= 0.6 is 0 Å². The molecule has 0 spiro atoms. The van der Waals surface area contributed by atoms with E-state index in [1.165, 1.54) is 0 Å². The number of pyridine rings is 1. The predicted molar refractivity (Wildman–Crippen MR) is 117 cm³/mol. The summed E-state index contributed by atoms with van der Waals surface area (Å²) in [5.74, 6) is 1.33. The zero-order valence-corrected chi connectivity index (χ0v) is 16.6. The van der Waals surface area contributed by atoms with Gasteiger partial charge < -0.3 is 19.9 Å². The van der Waals surface area contributed by atoms with Gasteiger partial charge in [0.25, 0.3) is 5.56 Å². The maximum absolute atomic E-state index is 12.6. The number of H-pyrrole nitrogens is 1. The summed E-state index contributed by atoms with van der Waals surface area (Å²) in [6.07, 6.45) is 2.52. The van der Waals surface area contributed by atoms with E-state index >= 15 is 0 Å². The minimum atomic E-state index is -0.393. The van der Waals surface area contributed by atoms with Crippen molar-refractivity contribution in [3.8, 4) is 11.5 Å². The number of aromatic amines is 1. The molecule has 1 aromatic heterocycles. The summed E-state index contributed by atoms with van der Waals surface area (Å²) >= 11 is 0. The predicted octanol–water partition coefficient (Wildman–Crippen LogP) is 4.10. The Hall–Kier alpha value is -3.65. The number of nitrogens with zero attached hydrogens (tertiary/aromatic N) is 3. The van der Waals surface area contributed by atoms with Crippen LogP contribution in [0, 0.1) is 4.91 Å². The molecule has 0 amide bonds. The van der Waals surface area contributed by atoms with Gasteiger partial charge >= 0.3 is 0 Å². The third-order valence-electron chi connectivity index (χ3n) is 5.04. The highest BCUT2D eigenvalue weighted by molar-refractivity contribution is 5.75. The number of ether oxygens (including phenoxy) is 1. The number of likely N-dealkylation sites (N-methyl/N-ethyl adjacent to an activating group) is 1. The number of nitrogens with one attached hydrogen (secondary N) is 2. The lowest BCUT2D eigenvalue weighted by Gasteiger charge is -2.21. The van der Waals surface area contributed by atoms with Crippen LogP contribution in [0.25, 0.3) is 0 Å². The van der Waals surface area contributed by atoms with Gasteiger partial charge in [0, 0.05) is 18.8 Å². The molecule has 0 aliphatic carbocycles. The molecule has 3 aromatic rings. The summed E-state index contributed by atoms with van der Waals surface area (Å²) in [6.45, 7) is 1.85. The number of benzene rings is 2. The van der Waals surface area contributed by atoms with Crippen molar-refractivity contribution in [2.45, 2.75) is 12.5 Å². The molecule has 0 bridgehead atoms. The Bertz CT molecular complexity index is 1050. The second kappa shape index (κ2) is 8.79. The summed E-state index contributed by atoms with van der Waals surface area (Å²) in [6, 6.07) is 18.2. The van der Waals surface area contributed by atoms with Crippen LogP contribution in [0.3, 0.4) is 0 Å². The zero-order chi connectivity index (χ0) is 20.9. The molecule has 1 unspecified atom stereocenters. The summed E-state index contributed by atoms with van der Waals surface area (Å²) in [4.78, 5) is 29.2. The molecule has 2 aromatic carbocycles. The van der Waals surface area contributed by atoms with Gasteiger partial charge in [-0.05, 0) is 62.5 Å². The number of para-hydroxylation sites is 1. The standard InChI is InChI=1S/C22H23N5O3/c1-26-14-12-16(15-26)24-20-11-13-23-22(28)21(20)27(25-29)17-7-9-19(10-8-17)30-18-5-3-2-4-6-18/h2-11,13,16H,12,14-15H2,1H3,(H2,23,24,28). The van der Waals surface area contributed by atoms with E-state index in [2.05, 4.69) is 27.5 Å². The van der Waals surface area contributed by atoms with Crippen molar-refractivity contribution in [1.29, 1.82) is 0 Å². The number of anilines is 3. The van der Waals surface area contributed by atoms with Gasteiger partial charge in [0.2, 0.25) is 0 Å². The SMILES string of the molecule is CN1CCC(Nc2cc[nH]c(=O)c2N(N=O)c2ccc(Oc3ccccc3)cc2)C1. The minimum Gasteiger partial charge on any atom is -0.457 e. The highest BCUT2D eigenvalue weighted by atomic mass is 16.5. The summed E-state index contributed by atoms with van der Waals surface area (Å²) < 4.78 is 5.79. The van der Waals surface area contributed by atoms with Crippen molar-refractivity contribution in [3.63, 3.8) is 0 Å². The van der Waals surface area contributed by atoms with Crippen molar-refractivity contribution in [2.24, 2.45) is 5.29 Å². The Balaban J connectivity index is 1.59. The van der Waals surface area contributed by atoms with E-state index in [0.717, 1.165) is 24.5 Å². The molecule has 1 fully saturated rings. The van der Waals surface area contributed by atoms with Crippen LogP contribution in [-0.2, 0) is 0 Å². The van der Waals surface area contributed by atoms with Gasteiger partial charge in [-0.15, -0.1) is 4.91 Å². The Labute approximate surface area is 174 Å². The summed E-state index contributed by atoms with van der Waals surface area (Å²) in [7, 11) is 2.05. The van der Waals surface area contributed by atoms with Gasteiger partial charge in [-0.1, -0.05) is 18.2 Å². The smallest absolute Gasteiger partial charge is 0.276 e. The van der Waals surface area contributed by atoms with Gasteiger partial charge in [0.15, 0.2) is 5.69 Å². The van der Waals surface area contributed by atoms with Gasteiger partial charge in [-0.2, -0.15) is 5.01 Å². The third kappa shape index (κ3) is 4.33. The van der Waals surface area contributed by atoms with E-state index in [-0.39, 0.29) is 11.7 Å². The van der Waals surface area contributed by atoms with Crippen molar-refractivity contribution in [2.75, 3.05) is 30.5 Å². The Morgan fingerprint density at radius 3 is 2.50 bits per heavy atom. The molecule has 0 radical (unpaired) electrons. The van der Waals surface area contributed by atoms with Crippen LogP contribution in [0.15, 0.2) is 76.9 Å². The second-order valence-electron chi connectivity index (χ2n) is 7.26. The number of hydrogen-bond donors (Lipinski definition) is 2. The van der Waals surface area contributed by atoms with E-state index in [9.17, 15) is 9.70 Å². The average Bonchev–Trinajstić information content (AvgIpc) is 3.17. The molecule has 1 atom stereocenters. The first kappa shape index (κ1) is 19.7. The zero-order valence-electron chi connectivity index (χ0n) is 16.6. The van der Waals surface area contributed by atoms with Crippen molar-refractivity contribution in [3.05, 3.63) is 82.1 Å². The van der Waals surface area contributed by atoms with Crippen molar-refractivity contribution < 1.29 is 4.74 Å². The minimum absolute atomic E-state index is 0.166. The van der Waals surface area contributed by atoms with E-state index in [0.29, 0.717) is 22.9 Å². The van der Waals surface area contributed by atoms with E-state index in [1.54, 1.807) is 36.5 Å². The molecule has 30 heavy (non-hydrogen) atoms. The highest BCUT2D eigenvalue weighted by Crippen LogP contribution is 2.32. The molecule has 8 nitrogen and oxygen atoms in total. The van der Waals surface area contributed by atoms with Gasteiger partial charge in [-0.25, -0.2) is 0 Å². The summed E-state index contributed by atoms with van der Waals surface area (Å²) in [5, 5.41) is 7.61. The number of likely N-dealkylation sites (tertiary alicyclic amines) is 1. The quantitative estimate of drug-likeness (QED) is 0.454. The molecule has 1 aliphatic rings. The normalized spacial score (nSPS) is 16.2. The largest absolute Gasteiger partial charge is 0.457 e. The molecule has 0 saturated carbocycles. The van der Waals surface area contributed by atoms with Crippen molar-refractivity contribution in [1.82, 2.24) is 9.88 Å². The molecule has 154 valence electrons. The first-order chi connectivity index (χ1) is 14.6. The Morgan fingerprint density at radius 2 is 1.83 bits per heavy atom. The first-order valence-electron chi connectivity index (χ1n) is 9.77. The Morgan fingerprint density at radius 1 is 1.10 bits per heavy atom. The van der Waals surface area contributed by atoms with Crippen LogP contribution in [0.5, 0.6) is 11.5 Å². The van der Waals surface area contributed by atoms with Crippen LogP contribution in [-0.4, -0.2) is 36.1 Å². The third-order valence-corrected chi connectivity index (χ3v) is 5.04. The van der Waals surface area contributed by atoms with Crippen LogP contribution in [0.2, 0.25) is 0 Å². The van der Waals surface area contributed by atoms with Gasteiger partial charge in [-0.3, -0.25) is 4.79 Å². The lowest BCUT2D eigenvalue weighted by molar-refractivity contribution is 0.414. The Kier molecular flexibility index (Phi) is 5.76. The molecule has 1 aliphatic heterocycles. The monoisotopic (exact) mass is 405 g/mol. The van der Waals surface area contributed by atoms with Crippen molar-refractivity contribution >= 4 is 17.1 Å². The lowest BCUT2D eigenvalue weighted by Crippen LogP contribution is -2.27. The first-order valence-corrected chi connectivity index (χ1v) is 9.77. The van der Waals surface area contributed by atoms with E-state index in [4.69, 9.17) is 4.74 Å². The fraction of sp³-hybridized carbons (Fsp3) is 0.227. The molecular weight excluding hydrogens is 382 g/mol. The maximum atomic E-state index is 12.6. The highest BCUT2D eigenvalue weighted by Gasteiger charge is 2.24. The summed E-state index contributed by atoms with van der Waals surface area (Å²) in [5.41, 5.74) is 0.811. The number of aromatic nitrogens is 1. The van der Waals surface area contributed by atoms with Gasteiger partial charge in [0.05, 0.1) is 16.7 Å². The lowest BCUT2D eigenvalue weighted by atomic mass is 10.2. The number of nitroso groups, excluding NO2 is 1. The topological polar surface area (TPSA) is 90.0 Å². The van der Waals surface area contributed by atoms with Gasteiger partial charge in [0.1, 0.15) is 11.5 Å². The fourth-order valence-electron chi connectivity index (χ4n) is 3.57. The number of rotatable bonds is 7.